The first kappa shape index (κ1) is 21.5. The molecule has 1 saturated carbocycles. The maximum atomic E-state index is 14.5. The van der Waals surface area contributed by atoms with Gasteiger partial charge in [0.2, 0.25) is 0 Å². The second kappa shape index (κ2) is 10.5. The summed E-state index contributed by atoms with van der Waals surface area (Å²) in [6.45, 7) is 4.65. The number of likely N-dealkylation sites (tertiary alicyclic amines) is 1. The van der Waals surface area contributed by atoms with E-state index in [-0.39, 0.29) is 22.5 Å². The number of halogens is 3. The average Bonchev–Trinajstić information content (AvgIpc) is 3.38. The SMILES string of the molecule is C=COC.O=C(NC(c1c(F)ccc(Cl)c1F)C1CCCC1)N1CCCC1. The number of amides is 2. The number of methoxy groups -OCH3 is 1. The van der Waals surface area contributed by atoms with Crippen molar-refractivity contribution in [3.05, 3.63) is 47.2 Å². The fourth-order valence-electron chi connectivity index (χ4n) is 3.69. The summed E-state index contributed by atoms with van der Waals surface area (Å²) in [5, 5.41) is 2.76. The summed E-state index contributed by atoms with van der Waals surface area (Å²) in [6.07, 6.45) is 7.07. The van der Waals surface area contributed by atoms with Gasteiger partial charge in [0.1, 0.15) is 11.6 Å². The Labute approximate surface area is 164 Å². The highest BCUT2D eigenvalue weighted by Crippen LogP contribution is 2.39. The molecule has 2 amide bonds. The molecule has 1 heterocycles. The van der Waals surface area contributed by atoms with Crippen molar-refractivity contribution >= 4 is 17.6 Å². The van der Waals surface area contributed by atoms with Gasteiger partial charge in [-0.1, -0.05) is 31.0 Å². The van der Waals surface area contributed by atoms with Crippen molar-refractivity contribution in [3.8, 4) is 0 Å². The second-order valence-corrected chi connectivity index (χ2v) is 7.23. The van der Waals surface area contributed by atoms with Gasteiger partial charge < -0.3 is 15.0 Å². The highest BCUT2D eigenvalue weighted by atomic mass is 35.5. The molecule has 0 bridgehead atoms. The number of hydrogen-bond acceptors (Lipinski definition) is 2. The molecule has 1 unspecified atom stereocenters. The Kier molecular flexibility index (Phi) is 8.35. The lowest BCUT2D eigenvalue weighted by molar-refractivity contribution is 0.198. The largest absolute Gasteiger partial charge is 0.505 e. The van der Waals surface area contributed by atoms with Gasteiger partial charge in [0.05, 0.1) is 24.4 Å². The van der Waals surface area contributed by atoms with Crippen LogP contribution in [0, 0.1) is 17.6 Å². The Hall–Kier alpha value is -1.82. The lowest BCUT2D eigenvalue weighted by Crippen LogP contribution is -2.42. The van der Waals surface area contributed by atoms with Gasteiger partial charge in [-0.15, -0.1) is 0 Å². The quantitative estimate of drug-likeness (QED) is 0.540. The molecule has 1 aliphatic heterocycles. The van der Waals surface area contributed by atoms with Crippen molar-refractivity contribution in [1.29, 1.82) is 0 Å². The molecule has 2 aliphatic rings. The third-order valence-corrected chi connectivity index (χ3v) is 5.39. The Morgan fingerprint density at radius 1 is 1.30 bits per heavy atom. The maximum Gasteiger partial charge on any atom is 0.317 e. The summed E-state index contributed by atoms with van der Waals surface area (Å²) >= 11 is 5.84. The van der Waals surface area contributed by atoms with E-state index in [2.05, 4.69) is 16.6 Å². The molecular formula is C20H27ClF2N2O2. The van der Waals surface area contributed by atoms with Crippen LogP contribution in [0.3, 0.4) is 0 Å². The van der Waals surface area contributed by atoms with Crippen LogP contribution in [0.1, 0.15) is 50.1 Å². The first-order valence-corrected chi connectivity index (χ1v) is 9.70. The van der Waals surface area contributed by atoms with E-state index in [1.165, 1.54) is 18.4 Å². The molecule has 2 fully saturated rings. The molecule has 1 aromatic carbocycles. The predicted octanol–water partition coefficient (Wildman–Crippen LogP) is 5.43. The van der Waals surface area contributed by atoms with Gasteiger partial charge in [-0.3, -0.25) is 0 Å². The Bertz CT molecular complexity index is 645. The summed E-state index contributed by atoms with van der Waals surface area (Å²) in [6, 6.07) is 1.48. The van der Waals surface area contributed by atoms with Crippen molar-refractivity contribution in [2.24, 2.45) is 5.92 Å². The number of nitrogens with one attached hydrogen (secondary N) is 1. The monoisotopic (exact) mass is 400 g/mol. The van der Waals surface area contributed by atoms with Crippen LogP contribution >= 0.6 is 11.6 Å². The molecule has 1 aliphatic carbocycles. The van der Waals surface area contributed by atoms with Crippen molar-refractivity contribution in [3.63, 3.8) is 0 Å². The zero-order valence-electron chi connectivity index (χ0n) is 15.6. The summed E-state index contributed by atoms with van der Waals surface area (Å²) in [5.74, 6) is -1.36. The van der Waals surface area contributed by atoms with Crippen LogP contribution in [0.15, 0.2) is 25.0 Å². The molecule has 3 rings (SSSR count). The summed E-state index contributed by atoms with van der Waals surface area (Å²) in [7, 11) is 1.56. The predicted molar refractivity (Wildman–Crippen MR) is 103 cm³/mol. The number of nitrogens with zero attached hydrogens (tertiary/aromatic N) is 1. The highest BCUT2D eigenvalue weighted by molar-refractivity contribution is 6.30. The van der Waals surface area contributed by atoms with Crippen LogP contribution in [-0.4, -0.2) is 31.1 Å². The number of rotatable bonds is 4. The molecule has 1 atom stereocenters. The Balaban J connectivity index is 0.000000596. The Morgan fingerprint density at radius 3 is 2.44 bits per heavy atom. The van der Waals surface area contributed by atoms with E-state index < -0.39 is 17.7 Å². The van der Waals surface area contributed by atoms with Crippen molar-refractivity contribution in [2.75, 3.05) is 20.2 Å². The molecule has 1 saturated heterocycles. The molecule has 0 aromatic heterocycles. The lowest BCUT2D eigenvalue weighted by Gasteiger charge is -2.28. The van der Waals surface area contributed by atoms with Gasteiger partial charge in [-0.05, 0) is 43.7 Å². The van der Waals surface area contributed by atoms with E-state index >= 15 is 0 Å². The summed E-state index contributed by atoms with van der Waals surface area (Å²) < 4.78 is 33.1. The molecule has 4 nitrogen and oxygen atoms in total. The van der Waals surface area contributed by atoms with Gasteiger partial charge in [0.15, 0.2) is 0 Å². The molecule has 1 aromatic rings. The fraction of sp³-hybridized carbons (Fsp3) is 0.550. The van der Waals surface area contributed by atoms with E-state index in [4.69, 9.17) is 11.6 Å². The van der Waals surface area contributed by atoms with E-state index in [9.17, 15) is 13.6 Å². The second-order valence-electron chi connectivity index (χ2n) is 6.83. The summed E-state index contributed by atoms with van der Waals surface area (Å²) in [4.78, 5) is 14.1. The van der Waals surface area contributed by atoms with Crippen molar-refractivity contribution in [2.45, 2.75) is 44.6 Å². The highest BCUT2D eigenvalue weighted by Gasteiger charge is 2.34. The first-order valence-electron chi connectivity index (χ1n) is 9.32. The molecule has 1 N–H and O–H groups in total. The van der Waals surface area contributed by atoms with Crippen LogP contribution in [0.2, 0.25) is 5.02 Å². The molecular weight excluding hydrogens is 374 g/mol. The van der Waals surface area contributed by atoms with Gasteiger partial charge in [-0.25, -0.2) is 13.6 Å². The number of ether oxygens (including phenoxy) is 1. The van der Waals surface area contributed by atoms with E-state index in [1.54, 1.807) is 12.0 Å². The third-order valence-electron chi connectivity index (χ3n) is 5.10. The normalized spacial score (nSPS) is 17.9. The minimum Gasteiger partial charge on any atom is -0.505 e. The van der Waals surface area contributed by atoms with Crippen LogP contribution in [0.25, 0.3) is 0 Å². The zero-order chi connectivity index (χ0) is 19.8. The van der Waals surface area contributed by atoms with Crippen molar-refractivity contribution in [1.82, 2.24) is 10.2 Å². The van der Waals surface area contributed by atoms with Gasteiger partial charge in [0.25, 0.3) is 0 Å². The topological polar surface area (TPSA) is 41.6 Å². The number of carbonyl (C=O) groups is 1. The fourth-order valence-corrected chi connectivity index (χ4v) is 3.85. The number of carbonyl (C=O) groups excluding carboxylic acids is 1. The minimum absolute atomic E-state index is 0.0454. The average molecular weight is 401 g/mol. The van der Waals surface area contributed by atoms with Gasteiger partial charge in [-0.2, -0.15) is 0 Å². The minimum atomic E-state index is -0.759. The van der Waals surface area contributed by atoms with Crippen LogP contribution < -0.4 is 5.32 Å². The number of hydrogen-bond donors (Lipinski definition) is 1. The van der Waals surface area contributed by atoms with Crippen molar-refractivity contribution < 1.29 is 18.3 Å². The van der Waals surface area contributed by atoms with E-state index in [1.807, 2.05) is 0 Å². The van der Waals surface area contributed by atoms with Gasteiger partial charge >= 0.3 is 6.03 Å². The molecule has 0 spiro atoms. The molecule has 150 valence electrons. The molecule has 7 heteroatoms. The lowest BCUT2D eigenvalue weighted by atomic mass is 9.91. The number of urea groups is 1. The Morgan fingerprint density at radius 2 is 1.89 bits per heavy atom. The van der Waals surface area contributed by atoms with Crippen LogP contribution in [-0.2, 0) is 4.74 Å². The van der Waals surface area contributed by atoms with E-state index in [0.29, 0.717) is 13.1 Å². The standard InChI is InChI=1S/C17H21ClF2N2O.C3H6O/c18-12-7-8-13(19)14(15(12)20)16(11-5-1-2-6-11)21-17(23)22-9-3-4-10-22;1-3-4-2/h7-8,11,16H,1-6,9-10H2,(H,21,23);3H,1H2,2H3. The molecule has 0 radical (unpaired) electrons. The number of benzene rings is 1. The summed E-state index contributed by atoms with van der Waals surface area (Å²) in [5.41, 5.74) is -0.100. The third kappa shape index (κ3) is 5.58. The molecule has 27 heavy (non-hydrogen) atoms. The van der Waals surface area contributed by atoms with Crippen LogP contribution in [0.5, 0.6) is 0 Å². The maximum absolute atomic E-state index is 14.5. The first-order chi connectivity index (χ1) is 13.0. The van der Waals surface area contributed by atoms with E-state index in [0.717, 1.165) is 38.5 Å². The smallest absolute Gasteiger partial charge is 0.317 e. The zero-order valence-corrected chi connectivity index (χ0v) is 16.4. The van der Waals surface area contributed by atoms with Gasteiger partial charge in [0, 0.05) is 18.7 Å². The van der Waals surface area contributed by atoms with Crippen LogP contribution in [0.4, 0.5) is 13.6 Å².